The minimum absolute atomic E-state index is 0. The molecule has 1 saturated heterocycles. The van der Waals surface area contributed by atoms with Crippen molar-refractivity contribution in [2.45, 2.75) is 46.6 Å². The molecule has 0 bridgehead atoms. The zero-order valence-electron chi connectivity index (χ0n) is 14.7. The highest BCUT2D eigenvalue weighted by Gasteiger charge is 2.21. The SMILES string of the molecule is CCCNC(=NCC(CC(C)C)N1CCOCC1)NCC.I. The summed E-state index contributed by atoms with van der Waals surface area (Å²) < 4.78 is 5.47. The minimum Gasteiger partial charge on any atom is -0.379 e. The molecule has 0 saturated carbocycles. The van der Waals surface area contributed by atoms with Gasteiger partial charge < -0.3 is 15.4 Å². The fourth-order valence-corrected chi connectivity index (χ4v) is 2.61. The Labute approximate surface area is 153 Å². The van der Waals surface area contributed by atoms with Crippen molar-refractivity contribution in [2.24, 2.45) is 10.9 Å². The van der Waals surface area contributed by atoms with Gasteiger partial charge in [-0.2, -0.15) is 0 Å². The summed E-state index contributed by atoms with van der Waals surface area (Å²) in [6, 6.07) is 0.519. The number of morpholine rings is 1. The van der Waals surface area contributed by atoms with Gasteiger partial charge in [0.15, 0.2) is 5.96 Å². The van der Waals surface area contributed by atoms with Gasteiger partial charge in [0.05, 0.1) is 19.8 Å². The van der Waals surface area contributed by atoms with Crippen molar-refractivity contribution in [3.8, 4) is 0 Å². The zero-order valence-corrected chi connectivity index (χ0v) is 17.1. The van der Waals surface area contributed by atoms with E-state index in [0.717, 1.165) is 58.3 Å². The molecule has 0 aromatic rings. The minimum atomic E-state index is 0. The third-order valence-corrected chi connectivity index (χ3v) is 3.65. The molecule has 1 atom stereocenters. The van der Waals surface area contributed by atoms with Crippen molar-refractivity contribution in [1.82, 2.24) is 15.5 Å². The van der Waals surface area contributed by atoms with E-state index in [1.807, 2.05) is 0 Å². The molecule has 0 radical (unpaired) electrons. The van der Waals surface area contributed by atoms with E-state index in [2.05, 4.69) is 43.2 Å². The molecule has 0 aromatic carbocycles. The third-order valence-electron chi connectivity index (χ3n) is 3.65. The lowest BCUT2D eigenvalue weighted by molar-refractivity contribution is 0.0143. The Kier molecular flexibility index (Phi) is 13.3. The fraction of sp³-hybridized carbons (Fsp3) is 0.938. The van der Waals surface area contributed by atoms with E-state index in [-0.39, 0.29) is 24.0 Å². The molecule has 0 aliphatic carbocycles. The third kappa shape index (κ3) is 9.15. The first kappa shape index (κ1) is 21.9. The van der Waals surface area contributed by atoms with E-state index in [9.17, 15) is 0 Å². The zero-order chi connectivity index (χ0) is 15.5. The molecule has 0 aromatic heterocycles. The van der Waals surface area contributed by atoms with Gasteiger partial charge in [0.2, 0.25) is 0 Å². The molecule has 2 N–H and O–H groups in total. The van der Waals surface area contributed by atoms with Gasteiger partial charge in [0.1, 0.15) is 0 Å². The maximum Gasteiger partial charge on any atom is 0.191 e. The van der Waals surface area contributed by atoms with E-state index in [1.54, 1.807) is 0 Å². The first-order valence-corrected chi connectivity index (χ1v) is 8.51. The second-order valence-electron chi connectivity index (χ2n) is 6.08. The van der Waals surface area contributed by atoms with E-state index >= 15 is 0 Å². The van der Waals surface area contributed by atoms with Crippen molar-refractivity contribution < 1.29 is 4.74 Å². The van der Waals surface area contributed by atoms with Crippen LogP contribution in [0, 0.1) is 5.92 Å². The Bertz CT molecular complexity index is 294. The largest absolute Gasteiger partial charge is 0.379 e. The number of halogens is 1. The summed E-state index contributed by atoms with van der Waals surface area (Å²) in [5.74, 6) is 1.64. The maximum atomic E-state index is 5.47. The molecule has 0 spiro atoms. The van der Waals surface area contributed by atoms with Crippen molar-refractivity contribution in [2.75, 3.05) is 45.9 Å². The molecular formula is C16H35IN4O. The summed E-state index contributed by atoms with van der Waals surface area (Å²) in [4.78, 5) is 7.33. The Hall–Kier alpha value is -0.0800. The van der Waals surface area contributed by atoms with Crippen LogP contribution in [0.25, 0.3) is 0 Å². The van der Waals surface area contributed by atoms with Crippen LogP contribution in [-0.2, 0) is 4.74 Å². The number of rotatable bonds is 8. The van der Waals surface area contributed by atoms with E-state index in [1.165, 1.54) is 6.42 Å². The molecule has 1 aliphatic rings. The molecule has 6 heteroatoms. The molecule has 22 heavy (non-hydrogen) atoms. The van der Waals surface area contributed by atoms with E-state index < -0.39 is 0 Å². The maximum absolute atomic E-state index is 5.47. The number of hydrogen-bond donors (Lipinski definition) is 2. The summed E-state index contributed by atoms with van der Waals surface area (Å²) in [5.41, 5.74) is 0. The highest BCUT2D eigenvalue weighted by atomic mass is 127. The van der Waals surface area contributed by atoms with Crippen LogP contribution in [-0.4, -0.2) is 62.8 Å². The number of nitrogens with zero attached hydrogens (tertiary/aromatic N) is 2. The lowest BCUT2D eigenvalue weighted by atomic mass is 10.0. The lowest BCUT2D eigenvalue weighted by Crippen LogP contribution is -2.46. The summed E-state index contributed by atoms with van der Waals surface area (Å²) >= 11 is 0. The highest BCUT2D eigenvalue weighted by Crippen LogP contribution is 2.14. The van der Waals surface area contributed by atoms with Gasteiger partial charge in [-0.1, -0.05) is 20.8 Å². The first-order valence-electron chi connectivity index (χ1n) is 8.51. The average molecular weight is 426 g/mol. The normalized spacial score (nSPS) is 18.0. The summed E-state index contributed by atoms with van der Waals surface area (Å²) in [5, 5.41) is 6.70. The second kappa shape index (κ2) is 13.4. The quantitative estimate of drug-likeness (QED) is 0.355. The summed E-state index contributed by atoms with van der Waals surface area (Å²) in [6.45, 7) is 15.4. The Morgan fingerprint density at radius 3 is 2.41 bits per heavy atom. The van der Waals surface area contributed by atoms with Gasteiger partial charge in [-0.3, -0.25) is 9.89 Å². The van der Waals surface area contributed by atoms with Gasteiger partial charge in [-0.25, -0.2) is 0 Å². The van der Waals surface area contributed by atoms with Crippen LogP contribution in [0.2, 0.25) is 0 Å². The molecule has 0 amide bonds. The molecule has 1 unspecified atom stereocenters. The van der Waals surface area contributed by atoms with Crippen LogP contribution >= 0.6 is 24.0 Å². The van der Waals surface area contributed by atoms with Gasteiger partial charge in [-0.05, 0) is 25.7 Å². The van der Waals surface area contributed by atoms with E-state index in [0.29, 0.717) is 12.0 Å². The molecule has 1 heterocycles. The predicted molar refractivity (Wildman–Crippen MR) is 105 cm³/mol. The number of guanidine groups is 1. The molecule has 5 nitrogen and oxygen atoms in total. The molecule has 1 rings (SSSR count). The molecule has 132 valence electrons. The van der Waals surface area contributed by atoms with Crippen molar-refractivity contribution in [3.05, 3.63) is 0 Å². The monoisotopic (exact) mass is 426 g/mol. The number of nitrogens with one attached hydrogen (secondary N) is 2. The second-order valence-corrected chi connectivity index (χ2v) is 6.08. The topological polar surface area (TPSA) is 48.9 Å². The van der Waals surface area contributed by atoms with Crippen LogP contribution in [0.4, 0.5) is 0 Å². The van der Waals surface area contributed by atoms with Crippen LogP contribution < -0.4 is 10.6 Å². The fourth-order valence-electron chi connectivity index (χ4n) is 2.61. The van der Waals surface area contributed by atoms with Gasteiger partial charge in [0.25, 0.3) is 0 Å². The van der Waals surface area contributed by atoms with Crippen molar-refractivity contribution >= 4 is 29.9 Å². The number of aliphatic imine (C=N–C) groups is 1. The smallest absolute Gasteiger partial charge is 0.191 e. The van der Waals surface area contributed by atoms with Crippen molar-refractivity contribution in [1.29, 1.82) is 0 Å². The lowest BCUT2D eigenvalue weighted by Gasteiger charge is -2.34. The standard InChI is InChI=1S/C16H34N4O.HI/c1-5-7-18-16(17-6-2)19-13-15(12-14(3)4)20-8-10-21-11-9-20;/h14-15H,5-13H2,1-4H3,(H2,17,18,19);1H. The first-order chi connectivity index (χ1) is 10.2. The van der Waals surface area contributed by atoms with Crippen LogP contribution in [0.3, 0.4) is 0 Å². The van der Waals surface area contributed by atoms with Crippen LogP contribution in [0.1, 0.15) is 40.5 Å². The molecular weight excluding hydrogens is 391 g/mol. The Balaban J connectivity index is 0.00000441. The number of ether oxygens (including phenoxy) is 1. The summed E-state index contributed by atoms with van der Waals surface area (Å²) in [7, 11) is 0. The van der Waals surface area contributed by atoms with Crippen LogP contribution in [0.5, 0.6) is 0 Å². The van der Waals surface area contributed by atoms with E-state index in [4.69, 9.17) is 9.73 Å². The molecule has 1 fully saturated rings. The van der Waals surface area contributed by atoms with Crippen molar-refractivity contribution in [3.63, 3.8) is 0 Å². The Morgan fingerprint density at radius 2 is 1.86 bits per heavy atom. The van der Waals surface area contributed by atoms with Gasteiger partial charge in [-0.15, -0.1) is 24.0 Å². The number of hydrogen-bond acceptors (Lipinski definition) is 3. The summed E-state index contributed by atoms with van der Waals surface area (Å²) in [6.07, 6.45) is 2.31. The predicted octanol–water partition coefficient (Wildman–Crippen LogP) is 2.32. The average Bonchev–Trinajstić information content (AvgIpc) is 2.49. The Morgan fingerprint density at radius 1 is 1.18 bits per heavy atom. The van der Waals surface area contributed by atoms with Crippen LogP contribution in [0.15, 0.2) is 4.99 Å². The molecule has 1 aliphatic heterocycles. The highest BCUT2D eigenvalue weighted by molar-refractivity contribution is 14.0. The van der Waals surface area contributed by atoms with Gasteiger partial charge >= 0.3 is 0 Å². The van der Waals surface area contributed by atoms with Gasteiger partial charge in [0, 0.05) is 32.2 Å².